The van der Waals surface area contributed by atoms with Crippen molar-refractivity contribution in [2.24, 2.45) is 0 Å². The number of thiophene rings is 2. The number of hydrogen-bond donors (Lipinski definition) is 0. The van der Waals surface area contributed by atoms with Gasteiger partial charge in [0.05, 0.1) is 4.88 Å². The summed E-state index contributed by atoms with van der Waals surface area (Å²) in [6, 6.07) is 13.5. The van der Waals surface area contributed by atoms with Gasteiger partial charge in [0.25, 0.3) is 0 Å². The van der Waals surface area contributed by atoms with Crippen LogP contribution in [0.4, 0.5) is 0 Å². The molecule has 4 rings (SSSR count). The minimum atomic E-state index is 1.15. The van der Waals surface area contributed by atoms with Crippen molar-refractivity contribution in [3.05, 3.63) is 46.2 Å². The lowest BCUT2D eigenvalue weighted by Crippen LogP contribution is -1.74. The van der Waals surface area contributed by atoms with Crippen molar-refractivity contribution in [3.8, 4) is 11.8 Å². The van der Waals surface area contributed by atoms with Crippen molar-refractivity contribution >= 4 is 53.6 Å². The quantitative estimate of drug-likeness (QED) is 0.351. The normalized spacial score (nSPS) is 11.1. The van der Waals surface area contributed by atoms with Crippen LogP contribution in [0.2, 0.25) is 0 Å². The molecule has 0 bridgehead atoms. The Morgan fingerprint density at radius 2 is 1.45 bits per heavy atom. The van der Waals surface area contributed by atoms with E-state index in [0.29, 0.717) is 0 Å². The molecular formula is C18H12S2. The molecule has 2 aromatic carbocycles. The highest BCUT2D eigenvalue weighted by Crippen LogP contribution is 2.37. The first-order valence-corrected chi connectivity index (χ1v) is 8.18. The lowest BCUT2D eigenvalue weighted by atomic mass is 10.0. The number of aryl methyl sites for hydroxylation is 1. The molecule has 2 heteroatoms. The fraction of sp³-hybridized carbons (Fsp3) is 0.111. The Morgan fingerprint density at radius 3 is 2.15 bits per heavy atom. The maximum Gasteiger partial charge on any atom is 0.0781 e. The predicted octanol–water partition coefficient (Wildman–Crippen LogP) is 5.95. The molecule has 0 saturated heterocycles. The van der Waals surface area contributed by atoms with E-state index in [1.54, 1.807) is 11.3 Å². The molecule has 0 unspecified atom stereocenters. The zero-order valence-corrected chi connectivity index (χ0v) is 12.9. The van der Waals surface area contributed by atoms with Crippen LogP contribution >= 0.6 is 22.7 Å². The molecule has 96 valence electrons. The third kappa shape index (κ3) is 1.67. The van der Waals surface area contributed by atoms with E-state index in [1.807, 2.05) is 18.3 Å². The van der Waals surface area contributed by atoms with Crippen LogP contribution in [-0.2, 0) is 0 Å². The second-order valence-electron chi connectivity index (χ2n) is 4.89. The Morgan fingerprint density at radius 1 is 0.800 bits per heavy atom. The van der Waals surface area contributed by atoms with Gasteiger partial charge in [-0.1, -0.05) is 18.1 Å². The van der Waals surface area contributed by atoms with Gasteiger partial charge in [-0.3, -0.25) is 0 Å². The van der Waals surface area contributed by atoms with Gasteiger partial charge in [0.15, 0.2) is 0 Å². The van der Waals surface area contributed by atoms with Gasteiger partial charge in [-0.05, 0) is 48.9 Å². The van der Waals surface area contributed by atoms with Crippen molar-refractivity contribution in [3.63, 3.8) is 0 Å². The summed E-state index contributed by atoms with van der Waals surface area (Å²) in [5.41, 5.74) is 0. The summed E-state index contributed by atoms with van der Waals surface area (Å²) in [7, 11) is 0. The molecule has 0 aliphatic heterocycles. The van der Waals surface area contributed by atoms with Crippen LogP contribution in [0.5, 0.6) is 0 Å². The molecule has 0 radical (unpaired) electrons. The molecule has 4 aromatic rings. The van der Waals surface area contributed by atoms with Crippen LogP contribution < -0.4 is 0 Å². The van der Waals surface area contributed by atoms with Gasteiger partial charge >= 0.3 is 0 Å². The first kappa shape index (κ1) is 12.0. The average Bonchev–Trinajstić information content (AvgIpc) is 3.00. The van der Waals surface area contributed by atoms with Gasteiger partial charge in [0.2, 0.25) is 0 Å². The summed E-state index contributed by atoms with van der Waals surface area (Å²) in [6.45, 7) is 4.06. The van der Waals surface area contributed by atoms with Crippen LogP contribution in [0.3, 0.4) is 0 Å². The van der Waals surface area contributed by atoms with Crippen LogP contribution in [0.25, 0.3) is 30.9 Å². The molecule has 0 saturated carbocycles. The van der Waals surface area contributed by atoms with Crippen molar-refractivity contribution in [2.75, 3.05) is 0 Å². The molecule has 0 aliphatic rings. The second kappa shape index (κ2) is 4.34. The Kier molecular flexibility index (Phi) is 2.60. The fourth-order valence-corrected chi connectivity index (χ4v) is 4.68. The highest BCUT2D eigenvalue weighted by molar-refractivity contribution is 7.20. The van der Waals surface area contributed by atoms with Crippen molar-refractivity contribution in [1.82, 2.24) is 0 Å². The summed E-state index contributed by atoms with van der Waals surface area (Å²) >= 11 is 3.64. The molecule has 0 aliphatic carbocycles. The van der Waals surface area contributed by atoms with Gasteiger partial charge in [0, 0.05) is 25.0 Å². The van der Waals surface area contributed by atoms with Crippen LogP contribution in [-0.4, -0.2) is 0 Å². The monoisotopic (exact) mass is 292 g/mol. The molecular weight excluding hydrogens is 280 g/mol. The molecule has 0 amide bonds. The van der Waals surface area contributed by atoms with E-state index in [9.17, 15) is 0 Å². The van der Waals surface area contributed by atoms with E-state index < -0.39 is 0 Å². The van der Waals surface area contributed by atoms with Gasteiger partial charge in [-0.2, -0.15) is 0 Å². The van der Waals surface area contributed by atoms with Crippen LogP contribution in [0.15, 0.2) is 36.4 Å². The maximum atomic E-state index is 3.17. The predicted molar refractivity (Wildman–Crippen MR) is 92.0 cm³/mol. The smallest absolute Gasteiger partial charge is 0.0781 e. The Balaban J connectivity index is 2.17. The minimum absolute atomic E-state index is 1.15. The lowest BCUT2D eigenvalue weighted by Gasteiger charge is -2.01. The zero-order chi connectivity index (χ0) is 13.7. The largest absolute Gasteiger partial charge is 0.141 e. The first-order valence-electron chi connectivity index (χ1n) is 6.54. The molecule has 2 heterocycles. The first-order chi connectivity index (χ1) is 9.76. The zero-order valence-electron chi connectivity index (χ0n) is 11.3. The van der Waals surface area contributed by atoms with E-state index >= 15 is 0 Å². The van der Waals surface area contributed by atoms with E-state index in [2.05, 4.69) is 55.2 Å². The fourth-order valence-electron chi connectivity index (χ4n) is 2.76. The third-order valence-electron chi connectivity index (χ3n) is 3.57. The Bertz CT molecular complexity index is 1020. The van der Waals surface area contributed by atoms with Crippen molar-refractivity contribution in [2.45, 2.75) is 13.8 Å². The van der Waals surface area contributed by atoms with E-state index in [0.717, 1.165) is 4.88 Å². The van der Waals surface area contributed by atoms with Gasteiger partial charge < -0.3 is 0 Å². The van der Waals surface area contributed by atoms with Crippen molar-refractivity contribution < 1.29 is 0 Å². The van der Waals surface area contributed by atoms with E-state index in [-0.39, 0.29) is 0 Å². The number of rotatable bonds is 0. The van der Waals surface area contributed by atoms with E-state index in [1.165, 1.54) is 35.8 Å². The number of fused-ring (bicyclic) bond motifs is 5. The summed E-state index contributed by atoms with van der Waals surface area (Å²) in [6.07, 6.45) is 0. The highest BCUT2D eigenvalue weighted by atomic mass is 32.1. The maximum absolute atomic E-state index is 3.17. The van der Waals surface area contributed by atoms with Gasteiger partial charge in [-0.15, -0.1) is 28.6 Å². The second-order valence-corrected chi connectivity index (χ2v) is 7.26. The highest BCUT2D eigenvalue weighted by Gasteiger charge is 2.08. The van der Waals surface area contributed by atoms with Crippen LogP contribution in [0, 0.1) is 18.8 Å². The van der Waals surface area contributed by atoms with Gasteiger partial charge in [-0.25, -0.2) is 0 Å². The number of benzene rings is 2. The minimum Gasteiger partial charge on any atom is -0.141 e. The SMILES string of the molecule is CC#Cc1cc2c(ccc3c4cc(C)sc4ccc23)s1. The number of hydrogen-bond acceptors (Lipinski definition) is 2. The summed E-state index contributed by atoms with van der Waals surface area (Å²) < 4.78 is 2.69. The van der Waals surface area contributed by atoms with Crippen molar-refractivity contribution in [1.29, 1.82) is 0 Å². The summed E-state index contributed by atoms with van der Waals surface area (Å²) in [5.74, 6) is 6.16. The summed E-state index contributed by atoms with van der Waals surface area (Å²) in [4.78, 5) is 2.52. The van der Waals surface area contributed by atoms with Crippen LogP contribution in [0.1, 0.15) is 16.7 Å². The van der Waals surface area contributed by atoms with Gasteiger partial charge in [0.1, 0.15) is 0 Å². The molecule has 0 N–H and O–H groups in total. The summed E-state index contributed by atoms with van der Waals surface area (Å²) in [5, 5.41) is 5.40. The Hall–Kier alpha value is -1.82. The topological polar surface area (TPSA) is 0 Å². The molecule has 2 aromatic heterocycles. The third-order valence-corrected chi connectivity index (χ3v) is 5.60. The molecule has 0 spiro atoms. The molecule has 0 nitrogen and oxygen atoms in total. The standard InChI is InChI=1S/C18H12S2/c1-3-4-12-10-16-14-5-7-17-15(9-11(2)19-17)13(14)6-8-18(16)20-12/h5-10H,1-2H3. The molecule has 0 atom stereocenters. The lowest BCUT2D eigenvalue weighted by molar-refractivity contribution is 1.66. The molecule has 0 fully saturated rings. The average molecular weight is 292 g/mol. The van der Waals surface area contributed by atoms with E-state index in [4.69, 9.17) is 0 Å². The molecule has 20 heavy (non-hydrogen) atoms. The Labute approximate surface area is 125 Å².